The van der Waals surface area contributed by atoms with Gasteiger partial charge in [0.25, 0.3) is 11.5 Å². The molecule has 0 aliphatic rings. The van der Waals surface area contributed by atoms with Crippen LogP contribution in [-0.2, 0) is 7.05 Å². The lowest BCUT2D eigenvalue weighted by molar-refractivity contribution is 0.102. The molecule has 144 valence electrons. The number of nitrogens with one attached hydrogen (secondary N) is 1. The minimum atomic E-state index is -0.188. The van der Waals surface area contributed by atoms with E-state index in [0.717, 1.165) is 27.7 Å². The molecular weight excluding hydrogens is 362 g/mol. The van der Waals surface area contributed by atoms with E-state index in [-0.39, 0.29) is 11.5 Å². The number of aromatic nitrogens is 2. The normalized spacial score (nSPS) is 10.9. The second-order valence-electron chi connectivity index (χ2n) is 7.16. The second kappa shape index (κ2) is 7.36. The summed E-state index contributed by atoms with van der Waals surface area (Å²) < 4.78 is 1.65. The Morgan fingerprint density at radius 1 is 0.966 bits per heavy atom. The Balaban J connectivity index is 1.79. The summed E-state index contributed by atoms with van der Waals surface area (Å²) in [6.07, 6.45) is 1.78. The van der Waals surface area contributed by atoms with Crippen LogP contribution >= 0.6 is 0 Å². The highest BCUT2D eigenvalue weighted by Gasteiger charge is 2.13. The van der Waals surface area contributed by atoms with Gasteiger partial charge in [-0.3, -0.25) is 14.6 Å². The number of carbonyl (C=O) groups is 1. The lowest BCUT2D eigenvalue weighted by Gasteiger charge is -2.13. The lowest BCUT2D eigenvalue weighted by Crippen LogP contribution is -2.19. The number of aryl methyl sites for hydroxylation is 3. The maximum absolute atomic E-state index is 13.1. The zero-order valence-electron chi connectivity index (χ0n) is 16.6. The molecule has 2 aromatic heterocycles. The van der Waals surface area contributed by atoms with Crippen LogP contribution in [0.1, 0.15) is 21.6 Å². The topological polar surface area (TPSA) is 64.0 Å². The van der Waals surface area contributed by atoms with Gasteiger partial charge < -0.3 is 9.88 Å². The summed E-state index contributed by atoms with van der Waals surface area (Å²) in [4.78, 5) is 29.9. The summed E-state index contributed by atoms with van der Waals surface area (Å²) in [5.74, 6) is -0.188. The van der Waals surface area contributed by atoms with Crippen molar-refractivity contribution < 1.29 is 4.79 Å². The summed E-state index contributed by atoms with van der Waals surface area (Å²) in [6.45, 7) is 3.86. The van der Waals surface area contributed by atoms with Crippen molar-refractivity contribution in [1.82, 2.24) is 9.55 Å². The molecule has 0 saturated heterocycles. The summed E-state index contributed by atoms with van der Waals surface area (Å²) in [5.41, 5.74) is 5.18. The van der Waals surface area contributed by atoms with Crippen LogP contribution in [0, 0.1) is 13.8 Å². The first-order valence-corrected chi connectivity index (χ1v) is 9.38. The van der Waals surface area contributed by atoms with Gasteiger partial charge in [0, 0.05) is 41.1 Å². The Morgan fingerprint density at radius 3 is 2.48 bits per heavy atom. The van der Waals surface area contributed by atoms with E-state index in [9.17, 15) is 9.59 Å². The predicted octanol–water partition coefficient (Wildman–Crippen LogP) is 4.47. The van der Waals surface area contributed by atoms with E-state index in [1.54, 1.807) is 29.9 Å². The third-order valence-electron chi connectivity index (χ3n) is 5.07. The summed E-state index contributed by atoms with van der Waals surface area (Å²) in [5, 5.41) is 3.81. The summed E-state index contributed by atoms with van der Waals surface area (Å²) in [6, 6.07) is 18.4. The Bertz CT molecular complexity index is 1290. The molecule has 0 aliphatic carbocycles. The number of anilines is 1. The molecule has 1 amide bonds. The molecule has 2 aromatic carbocycles. The third kappa shape index (κ3) is 3.55. The van der Waals surface area contributed by atoms with Gasteiger partial charge in [0.05, 0.1) is 5.52 Å². The maximum atomic E-state index is 13.1. The van der Waals surface area contributed by atoms with Crippen molar-refractivity contribution in [1.29, 1.82) is 0 Å². The number of pyridine rings is 2. The Kier molecular flexibility index (Phi) is 4.72. The molecule has 29 heavy (non-hydrogen) atoms. The Morgan fingerprint density at radius 2 is 1.72 bits per heavy atom. The van der Waals surface area contributed by atoms with E-state index >= 15 is 0 Å². The van der Waals surface area contributed by atoms with E-state index in [1.165, 1.54) is 0 Å². The van der Waals surface area contributed by atoms with Crippen molar-refractivity contribution in [2.45, 2.75) is 13.8 Å². The molecule has 4 rings (SSSR count). The highest BCUT2D eigenvalue weighted by atomic mass is 16.1. The highest BCUT2D eigenvalue weighted by Crippen LogP contribution is 2.27. The lowest BCUT2D eigenvalue weighted by atomic mass is 9.99. The first-order valence-electron chi connectivity index (χ1n) is 9.38. The van der Waals surface area contributed by atoms with E-state index in [1.807, 2.05) is 62.4 Å². The molecule has 0 spiro atoms. The zero-order chi connectivity index (χ0) is 20.5. The molecule has 5 nitrogen and oxygen atoms in total. The van der Waals surface area contributed by atoms with Gasteiger partial charge in [0.15, 0.2) is 0 Å². The van der Waals surface area contributed by atoms with Gasteiger partial charge in [-0.05, 0) is 61.4 Å². The van der Waals surface area contributed by atoms with Crippen LogP contribution in [0.25, 0.3) is 22.0 Å². The first kappa shape index (κ1) is 18.6. The molecule has 0 bridgehead atoms. The quantitative estimate of drug-likeness (QED) is 0.568. The van der Waals surface area contributed by atoms with E-state index in [0.29, 0.717) is 16.8 Å². The number of rotatable bonds is 3. The van der Waals surface area contributed by atoms with Crippen LogP contribution in [0.3, 0.4) is 0 Å². The SMILES string of the molecule is Cc1cc2c(cn1)cc(-c1cc(NC(=O)c3ccccc3)ccc1C)c(=O)n2C. The van der Waals surface area contributed by atoms with Crippen LogP contribution in [-0.4, -0.2) is 15.5 Å². The van der Waals surface area contributed by atoms with Crippen LogP contribution in [0.4, 0.5) is 5.69 Å². The van der Waals surface area contributed by atoms with Crippen LogP contribution in [0.15, 0.2) is 71.7 Å². The van der Waals surface area contributed by atoms with E-state index in [4.69, 9.17) is 0 Å². The number of benzene rings is 2. The molecule has 0 unspecified atom stereocenters. The molecule has 0 saturated carbocycles. The molecular formula is C24H21N3O2. The maximum Gasteiger partial charge on any atom is 0.258 e. The fourth-order valence-electron chi connectivity index (χ4n) is 3.44. The molecule has 0 aliphatic heterocycles. The van der Waals surface area contributed by atoms with Crippen LogP contribution in [0.5, 0.6) is 0 Å². The standard InChI is InChI=1S/C24H21N3O2/c1-15-9-10-19(26-23(28)17-7-5-4-6-8-17)13-20(15)21-12-18-14-25-16(2)11-22(18)27(3)24(21)29/h4-14H,1-3H3,(H,26,28). The van der Waals surface area contributed by atoms with Gasteiger partial charge >= 0.3 is 0 Å². The van der Waals surface area contributed by atoms with Crippen molar-refractivity contribution >= 4 is 22.5 Å². The highest BCUT2D eigenvalue weighted by molar-refractivity contribution is 6.04. The fourth-order valence-corrected chi connectivity index (χ4v) is 3.44. The predicted molar refractivity (Wildman–Crippen MR) is 116 cm³/mol. The minimum absolute atomic E-state index is 0.0854. The van der Waals surface area contributed by atoms with Crippen molar-refractivity contribution in [2.24, 2.45) is 7.05 Å². The first-order chi connectivity index (χ1) is 13.9. The molecule has 4 aromatic rings. The third-order valence-corrected chi connectivity index (χ3v) is 5.07. The molecule has 2 heterocycles. The van der Waals surface area contributed by atoms with E-state index < -0.39 is 0 Å². The molecule has 0 radical (unpaired) electrons. The van der Waals surface area contributed by atoms with Gasteiger partial charge in [0.1, 0.15) is 0 Å². The second-order valence-corrected chi connectivity index (χ2v) is 7.16. The van der Waals surface area contributed by atoms with Crippen LogP contribution < -0.4 is 10.9 Å². The van der Waals surface area contributed by atoms with Crippen LogP contribution in [0.2, 0.25) is 0 Å². The Hall–Kier alpha value is -3.73. The number of fused-ring (bicyclic) bond motifs is 1. The average Bonchev–Trinajstić information content (AvgIpc) is 2.73. The fraction of sp³-hybridized carbons (Fsp3) is 0.125. The number of amides is 1. The number of hydrogen-bond donors (Lipinski definition) is 1. The van der Waals surface area contributed by atoms with Crippen molar-refractivity contribution in [3.63, 3.8) is 0 Å². The largest absolute Gasteiger partial charge is 0.322 e. The van der Waals surface area contributed by atoms with Gasteiger partial charge in [-0.15, -0.1) is 0 Å². The van der Waals surface area contributed by atoms with E-state index in [2.05, 4.69) is 10.3 Å². The number of hydrogen-bond acceptors (Lipinski definition) is 3. The molecule has 0 atom stereocenters. The average molecular weight is 383 g/mol. The summed E-state index contributed by atoms with van der Waals surface area (Å²) >= 11 is 0. The van der Waals surface area contributed by atoms with Gasteiger partial charge in [0.2, 0.25) is 0 Å². The number of nitrogens with zero attached hydrogens (tertiary/aromatic N) is 2. The molecule has 5 heteroatoms. The van der Waals surface area contributed by atoms with Gasteiger partial charge in [-0.2, -0.15) is 0 Å². The van der Waals surface area contributed by atoms with Crippen molar-refractivity contribution in [2.75, 3.05) is 5.32 Å². The van der Waals surface area contributed by atoms with Gasteiger partial charge in [-0.25, -0.2) is 0 Å². The monoisotopic (exact) mass is 383 g/mol. The van der Waals surface area contributed by atoms with Gasteiger partial charge in [-0.1, -0.05) is 24.3 Å². The molecule has 0 fully saturated rings. The zero-order valence-corrected chi connectivity index (χ0v) is 16.6. The van der Waals surface area contributed by atoms with Crippen molar-refractivity contribution in [3.05, 3.63) is 94.0 Å². The minimum Gasteiger partial charge on any atom is -0.322 e. The Labute approximate surface area is 168 Å². The molecule has 1 N–H and O–H groups in total. The van der Waals surface area contributed by atoms with Crippen molar-refractivity contribution in [3.8, 4) is 11.1 Å². The number of carbonyl (C=O) groups excluding carboxylic acids is 1. The summed E-state index contributed by atoms with van der Waals surface area (Å²) in [7, 11) is 1.77. The smallest absolute Gasteiger partial charge is 0.258 e.